The normalized spacial score (nSPS) is 25.3. The molecule has 0 N–H and O–H groups in total. The van der Waals surface area contributed by atoms with Crippen LogP contribution < -0.4 is 0 Å². The molecule has 0 bridgehead atoms. The molecule has 2 unspecified atom stereocenters. The van der Waals surface area contributed by atoms with Crippen molar-refractivity contribution in [2.45, 2.75) is 51.9 Å². The van der Waals surface area contributed by atoms with Crippen LogP contribution in [0.4, 0.5) is 0 Å². The number of hydrogen-bond acceptors (Lipinski definition) is 1. The van der Waals surface area contributed by atoms with E-state index in [1.807, 2.05) is 6.92 Å². The van der Waals surface area contributed by atoms with Crippen LogP contribution in [-0.4, -0.2) is 5.78 Å². The summed E-state index contributed by atoms with van der Waals surface area (Å²) in [6.45, 7) is 8.72. The molecule has 0 radical (unpaired) electrons. The van der Waals surface area contributed by atoms with Crippen molar-refractivity contribution in [3.8, 4) is 0 Å². The van der Waals surface area contributed by atoms with E-state index in [0.29, 0.717) is 11.7 Å². The first-order valence-electron chi connectivity index (χ1n) is 6.51. The highest BCUT2D eigenvalue weighted by Crippen LogP contribution is 2.36. The fourth-order valence-electron chi connectivity index (χ4n) is 2.59. The number of hydrogen-bond donors (Lipinski definition) is 0. The average Bonchev–Trinajstić information content (AvgIpc) is 2.58. The maximum Gasteiger partial charge on any atom is 0.136 e. The van der Waals surface area contributed by atoms with Gasteiger partial charge < -0.3 is 0 Å². The van der Waals surface area contributed by atoms with Gasteiger partial charge in [0, 0.05) is 12.3 Å². The number of rotatable bonds is 1. The monoisotopic (exact) mass is 230 g/mol. The van der Waals surface area contributed by atoms with Crippen LogP contribution >= 0.6 is 0 Å². The zero-order valence-corrected chi connectivity index (χ0v) is 11.3. The summed E-state index contributed by atoms with van der Waals surface area (Å²) >= 11 is 0. The topological polar surface area (TPSA) is 17.1 Å². The summed E-state index contributed by atoms with van der Waals surface area (Å²) in [5.74, 6) is 1.13. The highest BCUT2D eigenvalue weighted by molar-refractivity contribution is 5.83. The summed E-state index contributed by atoms with van der Waals surface area (Å²) in [6, 6.07) is 8.83. The Bertz CT molecular complexity index is 408. The van der Waals surface area contributed by atoms with E-state index in [1.165, 1.54) is 11.1 Å². The zero-order valence-electron chi connectivity index (χ0n) is 11.3. The minimum absolute atomic E-state index is 0.206. The van der Waals surface area contributed by atoms with E-state index in [0.717, 1.165) is 12.8 Å². The lowest BCUT2D eigenvalue weighted by Gasteiger charge is -2.20. The highest BCUT2D eigenvalue weighted by atomic mass is 16.1. The van der Waals surface area contributed by atoms with Crippen molar-refractivity contribution in [2.24, 2.45) is 5.92 Å². The SMILES string of the molecule is CC1CC(c2ccc(C(C)(C)C)cc2)CC1=O. The number of carbonyl (C=O) groups is 1. The lowest BCUT2D eigenvalue weighted by Crippen LogP contribution is -2.10. The molecule has 0 heterocycles. The molecule has 17 heavy (non-hydrogen) atoms. The van der Waals surface area contributed by atoms with Gasteiger partial charge in [-0.2, -0.15) is 0 Å². The third-order valence-corrected chi connectivity index (χ3v) is 3.88. The standard InChI is InChI=1S/C16H22O/c1-11-9-13(10-15(11)17)12-5-7-14(8-6-12)16(2,3)4/h5-8,11,13H,9-10H2,1-4H3. The second-order valence-corrected chi connectivity index (χ2v) is 6.38. The molecule has 1 fully saturated rings. The second-order valence-electron chi connectivity index (χ2n) is 6.38. The van der Waals surface area contributed by atoms with Crippen molar-refractivity contribution in [3.05, 3.63) is 35.4 Å². The molecule has 2 atom stereocenters. The number of carbonyl (C=O) groups excluding carboxylic acids is 1. The Morgan fingerprint density at radius 1 is 1.12 bits per heavy atom. The lowest BCUT2D eigenvalue weighted by molar-refractivity contribution is -0.120. The van der Waals surface area contributed by atoms with Gasteiger partial charge in [-0.15, -0.1) is 0 Å². The Morgan fingerprint density at radius 3 is 2.12 bits per heavy atom. The van der Waals surface area contributed by atoms with Crippen LogP contribution in [0.2, 0.25) is 0 Å². The van der Waals surface area contributed by atoms with Gasteiger partial charge in [0.05, 0.1) is 0 Å². The van der Waals surface area contributed by atoms with Crippen LogP contribution in [0.15, 0.2) is 24.3 Å². The molecule has 1 aliphatic carbocycles. The van der Waals surface area contributed by atoms with E-state index in [1.54, 1.807) is 0 Å². The third kappa shape index (κ3) is 2.59. The summed E-state index contributed by atoms with van der Waals surface area (Å²) in [4.78, 5) is 11.6. The second kappa shape index (κ2) is 4.29. The van der Waals surface area contributed by atoms with Crippen molar-refractivity contribution in [2.75, 3.05) is 0 Å². The maximum atomic E-state index is 11.6. The van der Waals surface area contributed by atoms with E-state index >= 15 is 0 Å². The van der Waals surface area contributed by atoms with Gasteiger partial charge >= 0.3 is 0 Å². The van der Waals surface area contributed by atoms with E-state index in [2.05, 4.69) is 45.0 Å². The van der Waals surface area contributed by atoms with E-state index in [9.17, 15) is 4.79 Å². The Morgan fingerprint density at radius 2 is 1.71 bits per heavy atom. The fourth-order valence-corrected chi connectivity index (χ4v) is 2.59. The molecule has 0 spiro atoms. The van der Waals surface area contributed by atoms with E-state index < -0.39 is 0 Å². The van der Waals surface area contributed by atoms with Gasteiger partial charge in [-0.05, 0) is 28.9 Å². The minimum atomic E-state index is 0.206. The predicted molar refractivity (Wildman–Crippen MR) is 71.3 cm³/mol. The molecule has 0 amide bonds. The lowest BCUT2D eigenvalue weighted by atomic mass is 9.85. The molecular formula is C16H22O. The Balaban J connectivity index is 2.17. The smallest absolute Gasteiger partial charge is 0.136 e. The van der Waals surface area contributed by atoms with Crippen LogP contribution in [0, 0.1) is 5.92 Å². The van der Waals surface area contributed by atoms with Crippen molar-refractivity contribution >= 4 is 5.78 Å². The predicted octanol–water partition coefficient (Wildman–Crippen LogP) is 4.07. The van der Waals surface area contributed by atoms with Crippen LogP contribution in [-0.2, 0) is 10.2 Å². The first kappa shape index (κ1) is 12.3. The van der Waals surface area contributed by atoms with Crippen molar-refractivity contribution in [1.29, 1.82) is 0 Å². The molecular weight excluding hydrogens is 208 g/mol. The number of Topliss-reactive ketones (excluding diaryl/α,β-unsaturated/α-hetero) is 1. The summed E-state index contributed by atoms with van der Waals surface area (Å²) in [7, 11) is 0. The van der Waals surface area contributed by atoms with Gasteiger partial charge in [0.15, 0.2) is 0 Å². The maximum absolute atomic E-state index is 11.6. The van der Waals surface area contributed by atoms with Crippen molar-refractivity contribution in [1.82, 2.24) is 0 Å². The number of ketones is 1. The van der Waals surface area contributed by atoms with Gasteiger partial charge in [0.25, 0.3) is 0 Å². The van der Waals surface area contributed by atoms with E-state index in [-0.39, 0.29) is 11.3 Å². The quantitative estimate of drug-likeness (QED) is 0.711. The van der Waals surface area contributed by atoms with Crippen LogP contribution in [0.3, 0.4) is 0 Å². The summed E-state index contributed by atoms with van der Waals surface area (Å²) in [5.41, 5.74) is 2.89. The summed E-state index contributed by atoms with van der Waals surface area (Å²) < 4.78 is 0. The van der Waals surface area contributed by atoms with Gasteiger partial charge in [0.2, 0.25) is 0 Å². The zero-order chi connectivity index (χ0) is 12.6. The van der Waals surface area contributed by atoms with Crippen LogP contribution in [0.25, 0.3) is 0 Å². The molecule has 92 valence electrons. The Kier molecular flexibility index (Phi) is 3.11. The van der Waals surface area contributed by atoms with Crippen molar-refractivity contribution < 1.29 is 4.79 Å². The molecule has 1 saturated carbocycles. The molecule has 1 aromatic rings. The summed E-state index contributed by atoms with van der Waals surface area (Å²) in [5, 5.41) is 0. The molecule has 0 aromatic heterocycles. The van der Waals surface area contributed by atoms with Gasteiger partial charge in [0.1, 0.15) is 5.78 Å². The molecule has 0 saturated heterocycles. The van der Waals surface area contributed by atoms with E-state index in [4.69, 9.17) is 0 Å². The van der Waals surface area contributed by atoms with Gasteiger partial charge in [-0.3, -0.25) is 4.79 Å². The highest BCUT2D eigenvalue weighted by Gasteiger charge is 2.30. The first-order chi connectivity index (χ1) is 7.88. The molecule has 1 heteroatoms. The molecule has 1 nitrogen and oxygen atoms in total. The van der Waals surface area contributed by atoms with Crippen LogP contribution in [0.5, 0.6) is 0 Å². The van der Waals surface area contributed by atoms with Gasteiger partial charge in [-0.1, -0.05) is 52.0 Å². The first-order valence-corrected chi connectivity index (χ1v) is 6.51. The van der Waals surface area contributed by atoms with Crippen LogP contribution in [0.1, 0.15) is 57.6 Å². The third-order valence-electron chi connectivity index (χ3n) is 3.88. The molecule has 1 aliphatic rings. The summed E-state index contributed by atoms with van der Waals surface area (Å²) in [6.07, 6.45) is 1.75. The fraction of sp³-hybridized carbons (Fsp3) is 0.562. The molecule has 0 aliphatic heterocycles. The van der Waals surface area contributed by atoms with Crippen molar-refractivity contribution in [3.63, 3.8) is 0 Å². The molecule has 1 aromatic carbocycles. The minimum Gasteiger partial charge on any atom is -0.299 e. The average molecular weight is 230 g/mol. The Labute approximate surface area is 104 Å². The Hall–Kier alpha value is -1.11. The number of benzene rings is 1. The largest absolute Gasteiger partial charge is 0.299 e. The van der Waals surface area contributed by atoms with Gasteiger partial charge in [-0.25, -0.2) is 0 Å². The molecule has 2 rings (SSSR count).